The number of carbonyl (C=O) groups excluding carboxylic acids is 1. The van der Waals surface area contributed by atoms with E-state index >= 15 is 0 Å². The molecule has 5 nitrogen and oxygen atoms in total. The van der Waals surface area contributed by atoms with Gasteiger partial charge < -0.3 is 19.7 Å². The first-order valence-electron chi connectivity index (χ1n) is 6.40. The van der Waals surface area contributed by atoms with E-state index in [2.05, 4.69) is 5.32 Å². The highest BCUT2D eigenvalue weighted by atomic mass is 35.5. The van der Waals surface area contributed by atoms with E-state index in [1.54, 1.807) is 0 Å². The molecule has 0 aliphatic carbocycles. The highest BCUT2D eigenvalue weighted by Gasteiger charge is 2.22. The molecule has 1 aromatic carbocycles. The summed E-state index contributed by atoms with van der Waals surface area (Å²) in [6.45, 7) is 4.01. The van der Waals surface area contributed by atoms with Gasteiger partial charge in [-0.1, -0.05) is 11.6 Å². The number of ether oxygens (including phenoxy) is 2. The number of fused-ring (bicyclic) bond motifs is 1. The van der Waals surface area contributed by atoms with Crippen LogP contribution in [0.4, 0.5) is 0 Å². The Kier molecular flexibility index (Phi) is 3.48. The van der Waals surface area contributed by atoms with E-state index < -0.39 is 0 Å². The summed E-state index contributed by atoms with van der Waals surface area (Å²) in [4.78, 5) is 12.6. The fourth-order valence-electron chi connectivity index (χ4n) is 2.46. The third-order valence-corrected chi connectivity index (χ3v) is 3.60. The lowest BCUT2D eigenvalue weighted by Crippen LogP contribution is -3.14. The summed E-state index contributed by atoms with van der Waals surface area (Å²) in [5.74, 6) is 1.43. The normalized spacial score (nSPS) is 21.9. The number of piperazine rings is 1. The summed E-state index contributed by atoms with van der Waals surface area (Å²) in [7, 11) is 0. The number of hydrogen-bond donors (Lipinski definition) is 2. The molecule has 1 fully saturated rings. The first-order valence-corrected chi connectivity index (χ1v) is 6.78. The average molecular weight is 284 g/mol. The Balaban J connectivity index is 1.77. The van der Waals surface area contributed by atoms with Gasteiger partial charge in [-0.15, -0.1) is 0 Å². The molecule has 2 aliphatic rings. The van der Waals surface area contributed by atoms with E-state index in [1.807, 2.05) is 12.1 Å². The number of rotatable bonds is 2. The Bertz CT molecular complexity index is 507. The van der Waals surface area contributed by atoms with Crippen LogP contribution in [0.2, 0.25) is 5.02 Å². The van der Waals surface area contributed by atoms with Gasteiger partial charge in [0, 0.05) is 5.56 Å². The van der Waals surface area contributed by atoms with E-state index in [-0.39, 0.29) is 5.91 Å². The number of carbonyl (C=O) groups is 1. The zero-order valence-corrected chi connectivity index (χ0v) is 11.3. The minimum atomic E-state index is 0.102. The molecule has 19 heavy (non-hydrogen) atoms. The molecule has 2 N–H and O–H groups in total. The summed E-state index contributed by atoms with van der Waals surface area (Å²) in [5.41, 5.74) is 1.07. The smallest absolute Gasteiger partial charge is 0.275 e. The highest BCUT2D eigenvalue weighted by molar-refractivity contribution is 6.32. The third-order valence-electron chi connectivity index (χ3n) is 3.32. The fourth-order valence-corrected chi connectivity index (χ4v) is 2.75. The minimum absolute atomic E-state index is 0.102. The van der Waals surface area contributed by atoms with Crippen LogP contribution in [0, 0.1) is 0 Å². The van der Waals surface area contributed by atoms with Gasteiger partial charge in [-0.2, -0.15) is 0 Å². The summed E-state index contributed by atoms with van der Waals surface area (Å²) in [6, 6.07) is 3.86. The summed E-state index contributed by atoms with van der Waals surface area (Å²) >= 11 is 6.20. The van der Waals surface area contributed by atoms with Crippen molar-refractivity contribution < 1.29 is 19.2 Å². The summed E-state index contributed by atoms with van der Waals surface area (Å²) in [5, 5.41) is 3.41. The monoisotopic (exact) mass is 283 g/mol. The van der Waals surface area contributed by atoms with Crippen LogP contribution in [0.1, 0.15) is 5.56 Å². The maximum atomic E-state index is 11.4. The summed E-state index contributed by atoms with van der Waals surface area (Å²) in [6.07, 6.45) is 0. The molecular formula is C13H16ClN2O3+. The third kappa shape index (κ3) is 2.77. The Labute approximate surface area is 116 Å². The predicted octanol–water partition coefficient (Wildman–Crippen LogP) is -0.374. The summed E-state index contributed by atoms with van der Waals surface area (Å²) < 4.78 is 11.0. The Morgan fingerprint density at radius 1 is 1.32 bits per heavy atom. The number of quaternary nitrogens is 1. The van der Waals surface area contributed by atoms with Gasteiger partial charge in [-0.3, -0.25) is 4.79 Å². The van der Waals surface area contributed by atoms with Crippen LogP contribution < -0.4 is 19.7 Å². The second-order valence-electron chi connectivity index (χ2n) is 4.81. The number of amides is 1. The maximum absolute atomic E-state index is 11.4. The minimum Gasteiger partial charge on any atom is -0.486 e. The zero-order chi connectivity index (χ0) is 13.2. The van der Waals surface area contributed by atoms with Gasteiger partial charge >= 0.3 is 0 Å². The topological polar surface area (TPSA) is 52.0 Å². The number of benzene rings is 1. The van der Waals surface area contributed by atoms with Crippen molar-refractivity contribution in [3.63, 3.8) is 0 Å². The lowest BCUT2D eigenvalue weighted by molar-refractivity contribution is -0.907. The van der Waals surface area contributed by atoms with E-state index in [4.69, 9.17) is 21.1 Å². The van der Waals surface area contributed by atoms with Crippen molar-refractivity contribution in [3.05, 3.63) is 22.7 Å². The molecular weight excluding hydrogens is 268 g/mol. The van der Waals surface area contributed by atoms with E-state index in [0.717, 1.165) is 25.2 Å². The molecule has 1 unspecified atom stereocenters. The molecule has 3 rings (SSSR count). The fraction of sp³-hybridized carbons (Fsp3) is 0.462. The Morgan fingerprint density at radius 3 is 3.00 bits per heavy atom. The molecule has 1 amide bonds. The molecule has 1 atom stereocenters. The van der Waals surface area contributed by atoms with E-state index in [1.165, 1.54) is 4.90 Å². The molecule has 2 heterocycles. The van der Waals surface area contributed by atoms with Gasteiger partial charge in [-0.25, -0.2) is 0 Å². The van der Waals surface area contributed by atoms with Gasteiger partial charge in [0.05, 0.1) is 18.1 Å². The quantitative estimate of drug-likeness (QED) is 0.778. The molecule has 0 bridgehead atoms. The molecule has 1 aromatic rings. The first kappa shape index (κ1) is 12.6. The Hall–Kier alpha value is -1.46. The van der Waals surface area contributed by atoms with Gasteiger partial charge in [0.2, 0.25) is 0 Å². The van der Waals surface area contributed by atoms with Crippen molar-refractivity contribution in [1.82, 2.24) is 5.32 Å². The van der Waals surface area contributed by atoms with Crippen molar-refractivity contribution in [1.29, 1.82) is 0 Å². The van der Waals surface area contributed by atoms with Crippen molar-refractivity contribution in [2.75, 3.05) is 32.8 Å². The SMILES string of the molecule is O=C1C[NH+](Cc2cc(Cl)c3c(c2)OCCO3)CCN1. The van der Waals surface area contributed by atoms with Crippen LogP contribution >= 0.6 is 11.6 Å². The van der Waals surface area contributed by atoms with Crippen molar-refractivity contribution in [2.24, 2.45) is 0 Å². The van der Waals surface area contributed by atoms with Crippen molar-refractivity contribution in [3.8, 4) is 11.5 Å². The number of halogens is 1. The van der Waals surface area contributed by atoms with Crippen LogP contribution in [0.25, 0.3) is 0 Å². The number of hydrogen-bond acceptors (Lipinski definition) is 3. The molecule has 0 saturated carbocycles. The van der Waals surface area contributed by atoms with Gasteiger partial charge in [0.1, 0.15) is 19.8 Å². The van der Waals surface area contributed by atoms with E-state index in [9.17, 15) is 4.79 Å². The molecule has 0 radical (unpaired) electrons. The van der Waals surface area contributed by atoms with Crippen LogP contribution in [-0.2, 0) is 11.3 Å². The standard InChI is InChI=1S/C13H15ClN2O3/c14-10-5-9(6-11-13(10)19-4-3-18-11)7-16-2-1-15-12(17)8-16/h5-6H,1-4,7-8H2,(H,15,17)/p+1. The largest absolute Gasteiger partial charge is 0.486 e. The predicted molar refractivity (Wildman–Crippen MR) is 69.9 cm³/mol. The molecule has 0 aromatic heterocycles. The molecule has 6 heteroatoms. The molecule has 102 valence electrons. The second-order valence-corrected chi connectivity index (χ2v) is 5.21. The van der Waals surface area contributed by atoms with Crippen LogP contribution in [-0.4, -0.2) is 38.8 Å². The van der Waals surface area contributed by atoms with Gasteiger partial charge in [-0.05, 0) is 12.1 Å². The Morgan fingerprint density at radius 2 is 2.16 bits per heavy atom. The average Bonchev–Trinajstić information content (AvgIpc) is 2.39. The van der Waals surface area contributed by atoms with Crippen LogP contribution in [0.15, 0.2) is 12.1 Å². The van der Waals surface area contributed by atoms with Crippen LogP contribution in [0.5, 0.6) is 11.5 Å². The lowest BCUT2D eigenvalue weighted by Gasteiger charge is -2.25. The van der Waals surface area contributed by atoms with Crippen LogP contribution in [0.3, 0.4) is 0 Å². The second kappa shape index (κ2) is 5.27. The van der Waals surface area contributed by atoms with Crippen molar-refractivity contribution >= 4 is 17.5 Å². The van der Waals surface area contributed by atoms with E-state index in [0.29, 0.717) is 36.3 Å². The van der Waals surface area contributed by atoms with Crippen molar-refractivity contribution in [2.45, 2.75) is 6.54 Å². The maximum Gasteiger partial charge on any atom is 0.275 e. The molecule has 0 spiro atoms. The molecule has 2 aliphatic heterocycles. The highest BCUT2D eigenvalue weighted by Crippen LogP contribution is 2.38. The molecule has 1 saturated heterocycles. The van der Waals surface area contributed by atoms with Gasteiger partial charge in [0.25, 0.3) is 5.91 Å². The number of nitrogens with one attached hydrogen (secondary N) is 2. The first-order chi connectivity index (χ1) is 9.22. The lowest BCUT2D eigenvalue weighted by atomic mass is 10.1. The zero-order valence-electron chi connectivity index (χ0n) is 10.5. The van der Waals surface area contributed by atoms with Gasteiger partial charge in [0.15, 0.2) is 18.0 Å².